The average Bonchev–Trinajstić information content (AvgIpc) is 3.04. The van der Waals surface area contributed by atoms with Crippen LogP contribution in [-0.4, -0.2) is 11.4 Å². The molecule has 0 amide bonds. The zero-order chi connectivity index (χ0) is 18.6. The SMILES string of the molecule is NC(=NN=Cc1ccc2scc(C(F)(F)F)c2c1)SCc1ccccc1. The van der Waals surface area contributed by atoms with Gasteiger partial charge in [-0.1, -0.05) is 48.2 Å². The lowest BCUT2D eigenvalue weighted by atomic mass is 10.1. The quantitative estimate of drug-likeness (QED) is 0.361. The van der Waals surface area contributed by atoms with E-state index in [1.165, 1.54) is 24.0 Å². The summed E-state index contributed by atoms with van der Waals surface area (Å²) in [6.07, 6.45) is -2.97. The molecule has 0 saturated heterocycles. The lowest BCUT2D eigenvalue weighted by molar-refractivity contribution is -0.136. The van der Waals surface area contributed by atoms with Crippen LogP contribution in [0.1, 0.15) is 16.7 Å². The zero-order valence-electron chi connectivity index (χ0n) is 13.4. The molecular formula is C18H14F3N3S2. The van der Waals surface area contributed by atoms with Crippen LogP contribution in [0.25, 0.3) is 10.1 Å². The highest BCUT2D eigenvalue weighted by Gasteiger charge is 2.33. The summed E-state index contributed by atoms with van der Waals surface area (Å²) in [6.45, 7) is 0. The Morgan fingerprint density at radius 2 is 1.92 bits per heavy atom. The van der Waals surface area contributed by atoms with E-state index in [9.17, 15) is 13.2 Å². The first kappa shape index (κ1) is 18.5. The maximum absolute atomic E-state index is 13.0. The summed E-state index contributed by atoms with van der Waals surface area (Å²) in [6, 6.07) is 14.6. The predicted octanol–water partition coefficient (Wildman–Crippen LogP) is 5.50. The van der Waals surface area contributed by atoms with Crippen LogP contribution in [0, 0.1) is 0 Å². The van der Waals surface area contributed by atoms with Crippen molar-refractivity contribution in [1.82, 2.24) is 0 Å². The van der Waals surface area contributed by atoms with Crippen molar-refractivity contribution < 1.29 is 13.2 Å². The molecule has 0 saturated carbocycles. The number of thiophene rings is 1. The van der Waals surface area contributed by atoms with Crippen LogP contribution in [-0.2, 0) is 11.9 Å². The highest BCUT2D eigenvalue weighted by Crippen LogP contribution is 2.38. The molecule has 2 N–H and O–H groups in total. The van der Waals surface area contributed by atoms with Crippen LogP contribution in [0.15, 0.2) is 64.1 Å². The van der Waals surface area contributed by atoms with Crippen molar-refractivity contribution in [1.29, 1.82) is 0 Å². The molecule has 3 nitrogen and oxygen atoms in total. The van der Waals surface area contributed by atoms with Gasteiger partial charge in [0.25, 0.3) is 0 Å². The molecule has 0 aliphatic carbocycles. The number of rotatable bonds is 4. The third kappa shape index (κ3) is 4.64. The Kier molecular flexibility index (Phi) is 5.63. The molecule has 0 aliphatic rings. The number of hydrogen-bond acceptors (Lipinski definition) is 4. The van der Waals surface area contributed by atoms with Gasteiger partial charge in [0.1, 0.15) is 0 Å². The second kappa shape index (κ2) is 7.92. The molecule has 0 unspecified atom stereocenters. The summed E-state index contributed by atoms with van der Waals surface area (Å²) in [5, 5.41) is 9.34. The van der Waals surface area contributed by atoms with Crippen molar-refractivity contribution in [2.45, 2.75) is 11.9 Å². The van der Waals surface area contributed by atoms with E-state index in [-0.39, 0.29) is 10.6 Å². The van der Waals surface area contributed by atoms with E-state index >= 15 is 0 Å². The molecule has 134 valence electrons. The molecule has 1 aromatic heterocycles. The number of nitrogens with two attached hydrogens (primary N) is 1. The first-order valence-corrected chi connectivity index (χ1v) is 9.41. The maximum Gasteiger partial charge on any atom is 0.417 e. The molecule has 1 heterocycles. The normalized spacial score (nSPS) is 13.0. The van der Waals surface area contributed by atoms with E-state index < -0.39 is 11.7 Å². The van der Waals surface area contributed by atoms with Gasteiger partial charge >= 0.3 is 6.18 Å². The second-order valence-electron chi connectivity index (χ2n) is 5.36. The maximum atomic E-state index is 13.0. The fraction of sp³-hybridized carbons (Fsp3) is 0.111. The topological polar surface area (TPSA) is 50.7 Å². The van der Waals surface area contributed by atoms with E-state index in [2.05, 4.69) is 10.2 Å². The minimum atomic E-state index is -4.37. The molecule has 2 aromatic carbocycles. The van der Waals surface area contributed by atoms with Gasteiger partial charge in [-0.15, -0.1) is 16.4 Å². The summed E-state index contributed by atoms with van der Waals surface area (Å²) in [5.41, 5.74) is 6.81. The Labute approximate surface area is 156 Å². The lowest BCUT2D eigenvalue weighted by Gasteiger charge is -2.04. The Bertz CT molecular complexity index is 947. The van der Waals surface area contributed by atoms with Crippen LogP contribution in [0.4, 0.5) is 13.2 Å². The van der Waals surface area contributed by atoms with Crippen molar-refractivity contribution in [3.05, 3.63) is 70.6 Å². The van der Waals surface area contributed by atoms with Crippen LogP contribution in [0.3, 0.4) is 0 Å². The molecule has 26 heavy (non-hydrogen) atoms. The van der Waals surface area contributed by atoms with Gasteiger partial charge in [0.15, 0.2) is 5.17 Å². The minimum Gasteiger partial charge on any atom is -0.377 e. The molecule has 0 fully saturated rings. The van der Waals surface area contributed by atoms with Crippen LogP contribution < -0.4 is 5.73 Å². The smallest absolute Gasteiger partial charge is 0.377 e. The zero-order valence-corrected chi connectivity index (χ0v) is 15.0. The molecule has 3 rings (SSSR count). The molecule has 0 atom stereocenters. The summed E-state index contributed by atoms with van der Waals surface area (Å²) in [7, 11) is 0. The fourth-order valence-electron chi connectivity index (χ4n) is 2.26. The summed E-state index contributed by atoms with van der Waals surface area (Å²) in [5.74, 6) is 0.668. The number of fused-ring (bicyclic) bond motifs is 1. The van der Waals surface area contributed by atoms with Crippen molar-refractivity contribution in [3.63, 3.8) is 0 Å². The first-order valence-electron chi connectivity index (χ1n) is 7.55. The van der Waals surface area contributed by atoms with Crippen molar-refractivity contribution in [3.8, 4) is 0 Å². The van der Waals surface area contributed by atoms with Crippen LogP contribution in [0.5, 0.6) is 0 Å². The molecule has 0 aliphatic heterocycles. The van der Waals surface area contributed by atoms with E-state index in [0.717, 1.165) is 22.3 Å². The number of hydrogen-bond donors (Lipinski definition) is 1. The van der Waals surface area contributed by atoms with Gasteiger partial charge in [-0.25, -0.2) is 0 Å². The van der Waals surface area contributed by atoms with E-state index in [1.54, 1.807) is 12.1 Å². The Morgan fingerprint density at radius 1 is 1.15 bits per heavy atom. The van der Waals surface area contributed by atoms with Gasteiger partial charge in [-0.2, -0.15) is 18.3 Å². The third-order valence-corrected chi connectivity index (χ3v) is 5.31. The van der Waals surface area contributed by atoms with E-state index in [1.807, 2.05) is 30.3 Å². The van der Waals surface area contributed by atoms with Gasteiger partial charge in [-0.05, 0) is 23.3 Å². The second-order valence-corrected chi connectivity index (χ2v) is 7.27. The highest BCUT2D eigenvalue weighted by molar-refractivity contribution is 8.13. The first-order chi connectivity index (χ1) is 12.4. The Hall–Kier alpha value is -2.32. The monoisotopic (exact) mass is 393 g/mol. The lowest BCUT2D eigenvalue weighted by Crippen LogP contribution is -2.06. The minimum absolute atomic E-state index is 0.168. The highest BCUT2D eigenvalue weighted by atomic mass is 32.2. The number of halogens is 3. The number of nitrogens with zero attached hydrogens (tertiary/aromatic N) is 2. The van der Waals surface area contributed by atoms with Gasteiger partial charge in [0.05, 0.1) is 11.8 Å². The van der Waals surface area contributed by atoms with Crippen molar-refractivity contribution in [2.24, 2.45) is 15.9 Å². The molecular weight excluding hydrogens is 379 g/mol. The fourth-order valence-corrected chi connectivity index (χ4v) is 3.82. The number of thioether (sulfide) groups is 1. The van der Waals surface area contributed by atoms with Crippen LogP contribution >= 0.6 is 23.1 Å². The molecule has 8 heteroatoms. The summed E-state index contributed by atoms with van der Waals surface area (Å²) in [4.78, 5) is 0. The Balaban J connectivity index is 1.69. The largest absolute Gasteiger partial charge is 0.417 e. The van der Waals surface area contributed by atoms with Crippen LogP contribution in [0.2, 0.25) is 0 Å². The third-order valence-electron chi connectivity index (χ3n) is 3.50. The molecule has 0 spiro atoms. The van der Waals surface area contributed by atoms with Crippen molar-refractivity contribution in [2.75, 3.05) is 0 Å². The van der Waals surface area contributed by atoms with Gasteiger partial charge in [0, 0.05) is 21.2 Å². The number of benzene rings is 2. The summed E-state index contributed by atoms with van der Waals surface area (Å²) >= 11 is 2.41. The van der Waals surface area contributed by atoms with Gasteiger partial charge in [-0.3, -0.25) is 0 Å². The molecule has 0 radical (unpaired) electrons. The number of amidine groups is 1. The summed E-state index contributed by atoms with van der Waals surface area (Å²) < 4.78 is 39.6. The van der Waals surface area contributed by atoms with E-state index in [4.69, 9.17) is 5.73 Å². The predicted molar refractivity (Wildman–Crippen MR) is 104 cm³/mol. The van der Waals surface area contributed by atoms with E-state index in [0.29, 0.717) is 16.0 Å². The molecule has 3 aromatic rings. The Morgan fingerprint density at radius 3 is 2.65 bits per heavy atom. The number of alkyl halides is 3. The van der Waals surface area contributed by atoms with Gasteiger partial charge in [0.2, 0.25) is 0 Å². The standard InChI is InChI=1S/C18H14F3N3S2/c19-18(20,21)15-11-25-16-7-6-13(8-14(15)16)9-23-24-17(22)26-10-12-4-2-1-3-5-12/h1-9,11H,10H2,(H2,22,24). The molecule has 0 bridgehead atoms. The average molecular weight is 393 g/mol. The van der Waals surface area contributed by atoms with Crippen molar-refractivity contribution >= 4 is 44.6 Å². The van der Waals surface area contributed by atoms with Gasteiger partial charge < -0.3 is 5.73 Å².